The number of furan rings is 1. The second-order valence-corrected chi connectivity index (χ2v) is 5.26. The molecule has 1 aromatic heterocycles. The van der Waals surface area contributed by atoms with Crippen LogP contribution in [0.5, 0.6) is 0 Å². The fourth-order valence-corrected chi connectivity index (χ4v) is 2.15. The molecule has 0 amide bonds. The monoisotopic (exact) mass is 325 g/mol. The topological polar surface area (TPSA) is 62.8 Å². The van der Waals surface area contributed by atoms with Gasteiger partial charge in [-0.15, -0.1) is 0 Å². The summed E-state index contributed by atoms with van der Waals surface area (Å²) in [7, 11) is 0. The minimum Gasteiger partial charge on any atom is -0.478 e. The van der Waals surface area contributed by atoms with Gasteiger partial charge in [-0.2, -0.15) is 0 Å². The van der Waals surface area contributed by atoms with Crippen molar-refractivity contribution >= 4 is 29.5 Å². The smallest absolute Gasteiger partial charge is 0.335 e. The summed E-state index contributed by atoms with van der Waals surface area (Å²) in [5.74, 6) is 0.376. The van der Waals surface area contributed by atoms with Crippen molar-refractivity contribution in [2.75, 3.05) is 0 Å². The van der Waals surface area contributed by atoms with E-state index in [4.69, 9.17) is 21.1 Å². The zero-order chi connectivity index (χ0) is 16.2. The van der Waals surface area contributed by atoms with Crippen LogP contribution in [0.25, 0.3) is 11.3 Å². The van der Waals surface area contributed by atoms with Crippen LogP contribution in [0.1, 0.15) is 16.1 Å². The highest BCUT2D eigenvalue weighted by molar-refractivity contribution is 6.30. The van der Waals surface area contributed by atoms with Crippen LogP contribution >= 0.6 is 11.6 Å². The van der Waals surface area contributed by atoms with E-state index in [0.29, 0.717) is 16.5 Å². The highest BCUT2D eigenvalue weighted by Crippen LogP contribution is 2.23. The number of hydrogen-bond donors (Lipinski definition) is 1. The van der Waals surface area contributed by atoms with Crippen molar-refractivity contribution in [3.05, 3.63) is 77.0 Å². The average Bonchev–Trinajstić information content (AvgIpc) is 3.03. The number of rotatable bonds is 4. The van der Waals surface area contributed by atoms with Crippen LogP contribution in [-0.4, -0.2) is 17.3 Å². The lowest BCUT2D eigenvalue weighted by Gasteiger charge is -1.97. The molecule has 0 aliphatic carbocycles. The van der Waals surface area contributed by atoms with Gasteiger partial charge in [-0.1, -0.05) is 11.6 Å². The molecule has 3 aromatic rings. The Morgan fingerprint density at radius 2 is 1.70 bits per heavy atom. The molecule has 5 heteroatoms. The van der Waals surface area contributed by atoms with Crippen LogP contribution in [0.15, 0.2) is 70.1 Å². The number of hydrogen-bond acceptors (Lipinski definition) is 3. The van der Waals surface area contributed by atoms with Crippen LogP contribution in [0.2, 0.25) is 5.02 Å². The Labute approximate surface area is 137 Å². The Morgan fingerprint density at radius 1 is 1.00 bits per heavy atom. The summed E-state index contributed by atoms with van der Waals surface area (Å²) in [4.78, 5) is 15.1. The van der Waals surface area contributed by atoms with Crippen molar-refractivity contribution in [1.82, 2.24) is 0 Å². The lowest BCUT2D eigenvalue weighted by molar-refractivity contribution is 0.0697. The maximum absolute atomic E-state index is 10.8. The molecule has 0 radical (unpaired) electrons. The zero-order valence-electron chi connectivity index (χ0n) is 11.9. The minimum absolute atomic E-state index is 0.229. The third-order valence-electron chi connectivity index (χ3n) is 3.21. The van der Waals surface area contributed by atoms with Crippen LogP contribution < -0.4 is 0 Å². The highest BCUT2D eigenvalue weighted by Gasteiger charge is 2.04. The second kappa shape index (κ2) is 6.50. The molecule has 4 nitrogen and oxygen atoms in total. The number of carboxylic acids is 1. The van der Waals surface area contributed by atoms with Gasteiger partial charge in [0.2, 0.25) is 0 Å². The fourth-order valence-electron chi connectivity index (χ4n) is 2.02. The SMILES string of the molecule is O=C(O)c1ccc(N=Cc2ccc(-c3ccc(Cl)cc3)o2)cc1. The van der Waals surface area contributed by atoms with Gasteiger partial charge in [-0.25, -0.2) is 4.79 Å². The first-order valence-electron chi connectivity index (χ1n) is 6.85. The molecule has 1 N–H and O–H groups in total. The van der Waals surface area contributed by atoms with Gasteiger partial charge in [0.1, 0.15) is 11.5 Å². The average molecular weight is 326 g/mol. The van der Waals surface area contributed by atoms with Crippen molar-refractivity contribution in [3.8, 4) is 11.3 Å². The number of halogens is 1. The van der Waals surface area contributed by atoms with Crippen LogP contribution in [0.4, 0.5) is 5.69 Å². The maximum Gasteiger partial charge on any atom is 0.335 e. The molecule has 0 spiro atoms. The quantitative estimate of drug-likeness (QED) is 0.683. The van der Waals surface area contributed by atoms with E-state index in [-0.39, 0.29) is 5.56 Å². The molecule has 0 fully saturated rings. The number of aliphatic imine (C=N–C) groups is 1. The summed E-state index contributed by atoms with van der Waals surface area (Å²) >= 11 is 5.86. The molecule has 0 aliphatic rings. The first-order valence-corrected chi connectivity index (χ1v) is 7.23. The van der Waals surface area contributed by atoms with Gasteiger partial charge in [-0.05, 0) is 60.7 Å². The molecule has 23 heavy (non-hydrogen) atoms. The molecule has 2 aromatic carbocycles. The molecule has 0 atom stereocenters. The first kappa shape index (κ1) is 15.1. The molecule has 0 saturated heterocycles. The van der Waals surface area contributed by atoms with Crippen LogP contribution in [-0.2, 0) is 0 Å². The first-order chi connectivity index (χ1) is 11.1. The van der Waals surface area contributed by atoms with E-state index in [2.05, 4.69) is 4.99 Å². The van der Waals surface area contributed by atoms with Crippen molar-refractivity contribution < 1.29 is 14.3 Å². The fraction of sp³-hybridized carbons (Fsp3) is 0. The summed E-state index contributed by atoms with van der Waals surface area (Å²) in [5, 5.41) is 9.52. The van der Waals surface area contributed by atoms with Crippen LogP contribution in [0.3, 0.4) is 0 Å². The highest BCUT2D eigenvalue weighted by atomic mass is 35.5. The molecule has 1 heterocycles. The molecule has 0 bridgehead atoms. The van der Waals surface area contributed by atoms with Gasteiger partial charge in [0.05, 0.1) is 17.5 Å². The van der Waals surface area contributed by atoms with Crippen LogP contribution in [0, 0.1) is 0 Å². The van der Waals surface area contributed by atoms with Crippen molar-refractivity contribution in [3.63, 3.8) is 0 Å². The molecule has 0 saturated carbocycles. The Balaban J connectivity index is 1.75. The van der Waals surface area contributed by atoms with E-state index in [1.165, 1.54) is 12.1 Å². The van der Waals surface area contributed by atoms with E-state index in [0.717, 1.165) is 11.3 Å². The van der Waals surface area contributed by atoms with Crippen molar-refractivity contribution in [2.24, 2.45) is 4.99 Å². The molecule has 0 unspecified atom stereocenters. The predicted molar refractivity (Wildman–Crippen MR) is 89.8 cm³/mol. The summed E-state index contributed by atoms with van der Waals surface area (Å²) in [6, 6.07) is 17.4. The summed E-state index contributed by atoms with van der Waals surface area (Å²) < 4.78 is 5.71. The van der Waals surface area contributed by atoms with Crippen molar-refractivity contribution in [1.29, 1.82) is 0 Å². The number of carboxylic acid groups (broad SMARTS) is 1. The predicted octanol–water partition coefficient (Wildman–Crippen LogP) is 5.05. The maximum atomic E-state index is 10.8. The summed E-state index contributed by atoms with van der Waals surface area (Å²) in [6.07, 6.45) is 1.59. The van der Waals surface area contributed by atoms with E-state index in [9.17, 15) is 4.79 Å². The third kappa shape index (κ3) is 3.67. The molecule has 114 valence electrons. The lowest BCUT2D eigenvalue weighted by Crippen LogP contribution is -1.94. The second-order valence-electron chi connectivity index (χ2n) is 4.82. The van der Waals surface area contributed by atoms with Gasteiger partial charge in [0.25, 0.3) is 0 Å². The minimum atomic E-state index is -0.959. The lowest BCUT2D eigenvalue weighted by atomic mass is 10.2. The number of carbonyl (C=O) groups is 1. The Kier molecular flexibility index (Phi) is 4.26. The standard InChI is InChI=1S/C18H12ClNO3/c19-14-5-1-12(2-6-14)17-10-9-16(23-17)11-20-15-7-3-13(4-8-15)18(21)22/h1-11H,(H,21,22). The Hall–Kier alpha value is -2.85. The summed E-state index contributed by atoms with van der Waals surface area (Å²) in [5.41, 5.74) is 1.81. The van der Waals surface area contributed by atoms with Gasteiger partial charge in [0, 0.05) is 10.6 Å². The largest absolute Gasteiger partial charge is 0.478 e. The van der Waals surface area contributed by atoms with Gasteiger partial charge < -0.3 is 9.52 Å². The van der Waals surface area contributed by atoms with Crippen molar-refractivity contribution in [2.45, 2.75) is 0 Å². The van der Waals surface area contributed by atoms with Gasteiger partial charge >= 0.3 is 5.97 Å². The number of benzene rings is 2. The number of aromatic carboxylic acids is 1. The van der Waals surface area contributed by atoms with E-state index in [1.54, 1.807) is 30.5 Å². The molecular formula is C18H12ClNO3. The molecule has 3 rings (SSSR count). The van der Waals surface area contributed by atoms with E-state index >= 15 is 0 Å². The molecular weight excluding hydrogens is 314 g/mol. The number of nitrogens with zero attached hydrogens (tertiary/aromatic N) is 1. The molecule has 0 aliphatic heterocycles. The Morgan fingerprint density at radius 3 is 2.35 bits per heavy atom. The Bertz CT molecular complexity index is 849. The van der Waals surface area contributed by atoms with Gasteiger partial charge in [-0.3, -0.25) is 4.99 Å². The normalized spacial score (nSPS) is 11.0. The third-order valence-corrected chi connectivity index (χ3v) is 3.46. The van der Waals surface area contributed by atoms with E-state index in [1.807, 2.05) is 24.3 Å². The van der Waals surface area contributed by atoms with Gasteiger partial charge in [0.15, 0.2) is 0 Å². The zero-order valence-corrected chi connectivity index (χ0v) is 12.7. The summed E-state index contributed by atoms with van der Waals surface area (Å²) in [6.45, 7) is 0. The van der Waals surface area contributed by atoms with E-state index < -0.39 is 5.97 Å².